The van der Waals surface area contributed by atoms with Crippen LogP contribution >= 0.6 is 0 Å². The minimum Gasteiger partial charge on any atom is -0.497 e. The third kappa shape index (κ3) is 4.26. The first-order chi connectivity index (χ1) is 16.1. The first kappa shape index (κ1) is 21.3. The average Bonchev–Trinajstić information content (AvgIpc) is 3.26. The number of rotatable bonds is 6. The molecule has 5 rings (SSSR count). The summed E-state index contributed by atoms with van der Waals surface area (Å²) < 4.78 is 12.9. The lowest BCUT2D eigenvalue weighted by Crippen LogP contribution is -2.37. The van der Waals surface area contributed by atoms with Crippen LogP contribution in [-0.2, 0) is 0 Å². The van der Waals surface area contributed by atoms with Gasteiger partial charge in [0.15, 0.2) is 5.69 Å². The molecule has 1 unspecified atom stereocenters. The van der Waals surface area contributed by atoms with E-state index in [4.69, 9.17) is 20.2 Å². The number of carbonyl (C=O) groups is 1. The van der Waals surface area contributed by atoms with E-state index in [1.807, 2.05) is 53.2 Å². The van der Waals surface area contributed by atoms with E-state index in [0.717, 1.165) is 56.0 Å². The predicted octanol–water partition coefficient (Wildman–Crippen LogP) is 3.48. The van der Waals surface area contributed by atoms with Crippen molar-refractivity contribution in [2.45, 2.75) is 25.2 Å². The molecule has 2 aliphatic heterocycles. The molecule has 0 aliphatic carbocycles. The van der Waals surface area contributed by atoms with Gasteiger partial charge in [-0.1, -0.05) is 0 Å². The molecule has 1 aromatic heterocycles. The Morgan fingerprint density at radius 1 is 0.970 bits per heavy atom. The molecule has 4 N–H and O–H groups in total. The van der Waals surface area contributed by atoms with Crippen LogP contribution in [0.3, 0.4) is 0 Å². The molecule has 2 aliphatic rings. The Kier molecular flexibility index (Phi) is 5.92. The highest BCUT2D eigenvalue weighted by Crippen LogP contribution is 2.38. The maximum atomic E-state index is 12.4. The summed E-state index contributed by atoms with van der Waals surface area (Å²) >= 11 is 0. The normalized spacial score (nSPS) is 18.3. The van der Waals surface area contributed by atoms with Gasteiger partial charge in [0, 0.05) is 18.0 Å². The second-order valence-electron chi connectivity index (χ2n) is 8.56. The molecule has 1 saturated heterocycles. The maximum absolute atomic E-state index is 12.4. The summed E-state index contributed by atoms with van der Waals surface area (Å²) in [4.78, 5) is 17.4. The lowest BCUT2D eigenvalue weighted by Gasteiger charge is -2.34. The number of nitrogens with zero attached hydrogens (tertiary/aromatic N) is 2. The number of benzene rings is 2. The fourth-order valence-electron chi connectivity index (χ4n) is 4.89. The van der Waals surface area contributed by atoms with E-state index >= 15 is 0 Å². The van der Waals surface area contributed by atoms with Gasteiger partial charge in [0.1, 0.15) is 28.8 Å². The van der Waals surface area contributed by atoms with E-state index in [1.54, 1.807) is 7.11 Å². The number of imidazole rings is 1. The van der Waals surface area contributed by atoms with Gasteiger partial charge in [-0.25, -0.2) is 9.66 Å². The van der Waals surface area contributed by atoms with Crippen molar-refractivity contribution in [3.05, 3.63) is 60.0 Å². The number of methoxy groups -OCH3 is 1. The Labute approximate surface area is 193 Å². The van der Waals surface area contributed by atoms with Gasteiger partial charge in [0.2, 0.25) is 0 Å². The summed E-state index contributed by atoms with van der Waals surface area (Å²) in [6.07, 6.45) is 3.25. The van der Waals surface area contributed by atoms with E-state index < -0.39 is 5.91 Å². The lowest BCUT2D eigenvalue weighted by atomic mass is 9.82. The van der Waals surface area contributed by atoms with E-state index in [-0.39, 0.29) is 0 Å². The van der Waals surface area contributed by atoms with E-state index in [0.29, 0.717) is 34.7 Å². The summed E-state index contributed by atoms with van der Waals surface area (Å²) in [7, 11) is 1.63. The Hall–Kier alpha value is -3.52. The Balaban J connectivity index is 1.43. The standard InChI is InChI=1S/C25H29N5O3/c1-32-18-6-8-20(9-7-18)33-19-4-2-17(3-5-19)22-23(24(26)31)30-25(29-22)21(12-15-28-30)16-10-13-27-14-11-16/h2-9,16,21,27-28H,10-15H2,1H3,(H2,26,31). The third-order valence-corrected chi connectivity index (χ3v) is 6.57. The second-order valence-corrected chi connectivity index (χ2v) is 8.56. The van der Waals surface area contributed by atoms with Crippen LogP contribution in [-0.4, -0.2) is 42.3 Å². The van der Waals surface area contributed by atoms with Crippen LogP contribution in [0.5, 0.6) is 17.2 Å². The Bertz CT molecular complexity index is 1120. The van der Waals surface area contributed by atoms with Crippen LogP contribution < -0.4 is 25.9 Å². The molecule has 33 heavy (non-hydrogen) atoms. The predicted molar refractivity (Wildman–Crippen MR) is 126 cm³/mol. The first-order valence-electron chi connectivity index (χ1n) is 11.4. The monoisotopic (exact) mass is 447 g/mol. The highest BCUT2D eigenvalue weighted by Gasteiger charge is 2.34. The van der Waals surface area contributed by atoms with Crippen LogP contribution in [0.15, 0.2) is 48.5 Å². The van der Waals surface area contributed by atoms with Gasteiger partial charge in [-0.2, -0.15) is 0 Å². The van der Waals surface area contributed by atoms with Crippen molar-refractivity contribution in [1.29, 1.82) is 0 Å². The van der Waals surface area contributed by atoms with Gasteiger partial charge in [0.25, 0.3) is 5.91 Å². The number of fused-ring (bicyclic) bond motifs is 1. The zero-order valence-electron chi connectivity index (χ0n) is 18.7. The fraction of sp³-hybridized carbons (Fsp3) is 0.360. The van der Waals surface area contributed by atoms with Crippen LogP contribution in [0.2, 0.25) is 0 Å². The molecule has 8 heteroatoms. The molecular formula is C25H29N5O3. The molecule has 0 bridgehead atoms. The zero-order chi connectivity index (χ0) is 22.8. The zero-order valence-corrected chi connectivity index (χ0v) is 18.7. The molecule has 1 atom stereocenters. The molecule has 2 aromatic carbocycles. The summed E-state index contributed by atoms with van der Waals surface area (Å²) in [6.45, 7) is 2.85. The minimum atomic E-state index is -0.485. The van der Waals surface area contributed by atoms with E-state index in [2.05, 4.69) is 10.7 Å². The van der Waals surface area contributed by atoms with Gasteiger partial charge >= 0.3 is 0 Å². The SMILES string of the molecule is COc1ccc(Oc2ccc(-c3nc4n(c3C(N)=O)NCCC4C3CCNCC3)cc2)cc1. The Morgan fingerprint density at radius 2 is 1.61 bits per heavy atom. The molecule has 8 nitrogen and oxygen atoms in total. The Morgan fingerprint density at radius 3 is 2.24 bits per heavy atom. The highest BCUT2D eigenvalue weighted by atomic mass is 16.5. The van der Waals surface area contributed by atoms with Gasteiger partial charge in [-0.3, -0.25) is 4.79 Å². The van der Waals surface area contributed by atoms with Gasteiger partial charge in [0.05, 0.1) is 7.11 Å². The summed E-state index contributed by atoms with van der Waals surface area (Å²) in [5.74, 6) is 3.49. The second kappa shape index (κ2) is 9.15. The molecule has 1 amide bonds. The van der Waals surface area contributed by atoms with Crippen molar-refractivity contribution < 1.29 is 14.3 Å². The largest absolute Gasteiger partial charge is 0.497 e. The van der Waals surface area contributed by atoms with Crippen LogP contribution in [0.1, 0.15) is 41.5 Å². The van der Waals surface area contributed by atoms with Gasteiger partial charge in [-0.05, 0) is 86.8 Å². The third-order valence-electron chi connectivity index (χ3n) is 6.57. The number of amides is 1. The van der Waals surface area contributed by atoms with Crippen molar-refractivity contribution in [2.24, 2.45) is 11.7 Å². The van der Waals surface area contributed by atoms with Crippen molar-refractivity contribution in [2.75, 3.05) is 32.2 Å². The molecule has 0 radical (unpaired) electrons. The van der Waals surface area contributed by atoms with Crippen molar-refractivity contribution in [3.63, 3.8) is 0 Å². The molecule has 3 heterocycles. The molecule has 172 valence electrons. The number of ether oxygens (including phenoxy) is 2. The number of nitrogens with two attached hydrogens (primary N) is 1. The average molecular weight is 448 g/mol. The van der Waals surface area contributed by atoms with Crippen molar-refractivity contribution in [3.8, 4) is 28.5 Å². The summed E-state index contributed by atoms with van der Waals surface area (Å²) in [6, 6.07) is 15.0. The fourth-order valence-corrected chi connectivity index (χ4v) is 4.89. The summed E-state index contributed by atoms with van der Waals surface area (Å²) in [5, 5.41) is 3.43. The molecule has 0 spiro atoms. The number of hydrogen-bond acceptors (Lipinski definition) is 6. The number of aromatic nitrogens is 2. The van der Waals surface area contributed by atoms with Crippen LogP contribution in [0, 0.1) is 5.92 Å². The topological polar surface area (TPSA) is 103 Å². The lowest BCUT2D eigenvalue weighted by molar-refractivity contribution is 0.0992. The van der Waals surface area contributed by atoms with Crippen LogP contribution in [0.4, 0.5) is 0 Å². The number of nitrogens with one attached hydrogen (secondary N) is 2. The van der Waals surface area contributed by atoms with Crippen molar-refractivity contribution in [1.82, 2.24) is 15.0 Å². The molecular weight excluding hydrogens is 418 g/mol. The maximum Gasteiger partial charge on any atom is 0.269 e. The van der Waals surface area contributed by atoms with E-state index in [1.165, 1.54) is 0 Å². The minimum absolute atomic E-state index is 0.317. The number of piperidine rings is 1. The summed E-state index contributed by atoms with van der Waals surface area (Å²) in [5.41, 5.74) is 11.0. The van der Waals surface area contributed by atoms with Gasteiger partial charge < -0.3 is 25.9 Å². The van der Waals surface area contributed by atoms with E-state index in [9.17, 15) is 4.79 Å². The molecule has 0 saturated carbocycles. The number of primary amides is 1. The number of hydrogen-bond donors (Lipinski definition) is 3. The quantitative estimate of drug-likeness (QED) is 0.535. The molecule has 1 fully saturated rings. The first-order valence-corrected chi connectivity index (χ1v) is 11.4. The smallest absolute Gasteiger partial charge is 0.269 e. The van der Waals surface area contributed by atoms with Gasteiger partial charge in [-0.15, -0.1) is 0 Å². The number of carbonyl (C=O) groups excluding carboxylic acids is 1. The molecule has 3 aromatic rings. The van der Waals surface area contributed by atoms with Crippen LogP contribution in [0.25, 0.3) is 11.3 Å². The highest BCUT2D eigenvalue weighted by molar-refractivity contribution is 5.97. The van der Waals surface area contributed by atoms with Crippen molar-refractivity contribution >= 4 is 5.91 Å².